The number of hydrogen-bond acceptors (Lipinski definition) is 6. The maximum Gasteiger partial charge on any atom is 0.142 e. The fourth-order valence-electron chi connectivity index (χ4n) is 1.79. The van der Waals surface area contributed by atoms with Crippen molar-refractivity contribution in [3.8, 4) is 10.7 Å². The van der Waals surface area contributed by atoms with Crippen molar-refractivity contribution in [2.75, 3.05) is 0 Å². The van der Waals surface area contributed by atoms with Crippen LogP contribution in [0.2, 0.25) is 0 Å². The Kier molecular flexibility index (Phi) is 4.15. The van der Waals surface area contributed by atoms with Gasteiger partial charge in [-0.1, -0.05) is 6.07 Å². The van der Waals surface area contributed by atoms with Gasteiger partial charge in [0.25, 0.3) is 0 Å². The van der Waals surface area contributed by atoms with Crippen molar-refractivity contribution in [1.29, 1.82) is 0 Å². The number of hydrogen-bond donors (Lipinski definition) is 1. The average Bonchev–Trinajstić information content (AvgIpc) is 3.17. The highest BCUT2D eigenvalue weighted by Gasteiger charge is 2.09. The summed E-state index contributed by atoms with van der Waals surface area (Å²) in [5.41, 5.74) is 1.97. The van der Waals surface area contributed by atoms with Crippen molar-refractivity contribution >= 4 is 22.7 Å². The first-order chi connectivity index (χ1) is 9.83. The summed E-state index contributed by atoms with van der Waals surface area (Å²) in [5, 5.41) is 9.57. The molecule has 6 heteroatoms. The van der Waals surface area contributed by atoms with Crippen LogP contribution in [0.5, 0.6) is 0 Å². The van der Waals surface area contributed by atoms with Crippen molar-refractivity contribution in [3.63, 3.8) is 0 Å². The molecule has 0 fully saturated rings. The van der Waals surface area contributed by atoms with Gasteiger partial charge in [0.2, 0.25) is 0 Å². The summed E-state index contributed by atoms with van der Waals surface area (Å²) in [6, 6.07) is 6.12. The van der Waals surface area contributed by atoms with Crippen LogP contribution in [0.4, 0.5) is 0 Å². The topological polar surface area (TPSA) is 50.7 Å². The van der Waals surface area contributed by atoms with Gasteiger partial charge in [0.15, 0.2) is 0 Å². The number of nitrogens with zero attached hydrogens (tertiary/aromatic N) is 3. The van der Waals surface area contributed by atoms with E-state index in [1.807, 2.05) is 29.8 Å². The Bertz CT molecular complexity index is 649. The molecule has 0 radical (unpaired) electrons. The van der Waals surface area contributed by atoms with Gasteiger partial charge in [0.05, 0.1) is 17.4 Å². The highest BCUT2D eigenvalue weighted by molar-refractivity contribution is 7.13. The molecule has 1 N–H and O–H groups in total. The van der Waals surface area contributed by atoms with E-state index in [-0.39, 0.29) is 6.04 Å². The molecule has 3 heterocycles. The molecule has 3 rings (SSSR count). The Morgan fingerprint density at radius 2 is 2.15 bits per heavy atom. The summed E-state index contributed by atoms with van der Waals surface area (Å²) in [6.07, 6.45) is 3.62. The van der Waals surface area contributed by atoms with Crippen LogP contribution in [-0.2, 0) is 6.54 Å². The van der Waals surface area contributed by atoms with E-state index in [2.05, 4.69) is 32.6 Å². The summed E-state index contributed by atoms with van der Waals surface area (Å²) in [6.45, 7) is 2.86. The fourth-order valence-corrected chi connectivity index (χ4v) is 3.25. The highest BCUT2D eigenvalue weighted by Crippen LogP contribution is 2.22. The molecule has 3 aromatic rings. The Labute approximate surface area is 125 Å². The molecule has 0 amide bonds. The van der Waals surface area contributed by atoms with Gasteiger partial charge < -0.3 is 5.32 Å². The van der Waals surface area contributed by atoms with Gasteiger partial charge in [-0.25, -0.2) is 9.97 Å². The molecule has 1 unspecified atom stereocenters. The van der Waals surface area contributed by atoms with Gasteiger partial charge in [0.1, 0.15) is 10.0 Å². The molecular weight excluding hydrogens is 288 g/mol. The van der Waals surface area contributed by atoms with Crippen LogP contribution in [0, 0.1) is 0 Å². The summed E-state index contributed by atoms with van der Waals surface area (Å²) in [4.78, 5) is 13.2. The second kappa shape index (κ2) is 6.21. The van der Waals surface area contributed by atoms with Gasteiger partial charge in [0, 0.05) is 29.7 Å². The minimum Gasteiger partial charge on any atom is -0.302 e. The molecule has 0 bridgehead atoms. The van der Waals surface area contributed by atoms with E-state index in [0.717, 1.165) is 27.9 Å². The number of thiazole rings is 2. The predicted octanol–water partition coefficient (Wildman–Crippen LogP) is 3.51. The van der Waals surface area contributed by atoms with Crippen LogP contribution in [0.15, 0.2) is 41.4 Å². The minimum atomic E-state index is 0.245. The number of rotatable bonds is 5. The van der Waals surface area contributed by atoms with Gasteiger partial charge in [-0.15, -0.1) is 22.7 Å². The second-order valence-corrected chi connectivity index (χ2v) is 6.12. The van der Waals surface area contributed by atoms with E-state index in [1.165, 1.54) is 0 Å². The molecule has 0 aliphatic rings. The first-order valence-electron chi connectivity index (χ1n) is 6.31. The van der Waals surface area contributed by atoms with Gasteiger partial charge in [-0.2, -0.15) is 0 Å². The number of nitrogens with one attached hydrogen (secondary N) is 1. The lowest BCUT2D eigenvalue weighted by Crippen LogP contribution is -2.18. The lowest BCUT2D eigenvalue weighted by Gasteiger charge is -2.09. The molecule has 3 aromatic heterocycles. The summed E-state index contributed by atoms with van der Waals surface area (Å²) >= 11 is 3.29. The van der Waals surface area contributed by atoms with Crippen LogP contribution >= 0.6 is 22.7 Å². The van der Waals surface area contributed by atoms with Crippen LogP contribution < -0.4 is 5.32 Å². The van der Waals surface area contributed by atoms with Crippen LogP contribution in [0.3, 0.4) is 0 Å². The monoisotopic (exact) mass is 302 g/mol. The summed E-state index contributed by atoms with van der Waals surface area (Å²) < 4.78 is 0. The molecule has 0 aliphatic carbocycles. The van der Waals surface area contributed by atoms with E-state index >= 15 is 0 Å². The summed E-state index contributed by atoms with van der Waals surface area (Å²) in [5.74, 6) is 0. The summed E-state index contributed by atoms with van der Waals surface area (Å²) in [7, 11) is 0. The molecule has 1 atom stereocenters. The van der Waals surface area contributed by atoms with Gasteiger partial charge in [-0.05, 0) is 19.1 Å². The third-order valence-electron chi connectivity index (χ3n) is 2.85. The average molecular weight is 302 g/mol. The number of pyridine rings is 1. The Hall–Kier alpha value is -1.63. The van der Waals surface area contributed by atoms with Gasteiger partial charge >= 0.3 is 0 Å². The second-order valence-electron chi connectivity index (χ2n) is 4.33. The normalized spacial score (nSPS) is 12.4. The van der Waals surface area contributed by atoms with E-state index < -0.39 is 0 Å². The minimum absolute atomic E-state index is 0.245. The van der Waals surface area contributed by atoms with Crippen LogP contribution in [-0.4, -0.2) is 15.0 Å². The molecule has 20 heavy (non-hydrogen) atoms. The van der Waals surface area contributed by atoms with Crippen molar-refractivity contribution in [2.24, 2.45) is 0 Å². The molecule has 0 aromatic carbocycles. The molecule has 0 saturated carbocycles. The van der Waals surface area contributed by atoms with Gasteiger partial charge in [-0.3, -0.25) is 4.98 Å². The van der Waals surface area contributed by atoms with Crippen LogP contribution in [0.25, 0.3) is 10.7 Å². The standard InChI is InChI=1S/C14H14N4S2/c1-10(13-16-6-7-19-13)17-8-11-9-20-14(18-11)12-4-2-3-5-15-12/h2-7,9-10,17H,8H2,1H3. The van der Waals surface area contributed by atoms with E-state index in [9.17, 15) is 0 Å². The zero-order chi connectivity index (χ0) is 13.8. The molecular formula is C14H14N4S2. The van der Waals surface area contributed by atoms with Crippen molar-refractivity contribution < 1.29 is 0 Å². The molecule has 0 aliphatic heterocycles. The third-order valence-corrected chi connectivity index (χ3v) is 4.72. The fraction of sp³-hybridized carbons (Fsp3) is 0.214. The Balaban J connectivity index is 1.63. The van der Waals surface area contributed by atoms with Crippen molar-refractivity contribution in [2.45, 2.75) is 19.5 Å². The van der Waals surface area contributed by atoms with Crippen molar-refractivity contribution in [3.05, 3.63) is 52.1 Å². The largest absolute Gasteiger partial charge is 0.302 e. The lowest BCUT2D eigenvalue weighted by atomic mass is 10.3. The first kappa shape index (κ1) is 13.4. The molecule has 0 saturated heterocycles. The Morgan fingerprint density at radius 3 is 2.90 bits per heavy atom. The third kappa shape index (κ3) is 3.09. The maximum atomic E-state index is 4.61. The zero-order valence-corrected chi connectivity index (χ0v) is 12.6. The predicted molar refractivity (Wildman–Crippen MR) is 82.7 cm³/mol. The van der Waals surface area contributed by atoms with Crippen molar-refractivity contribution in [1.82, 2.24) is 20.3 Å². The van der Waals surface area contributed by atoms with E-state index in [4.69, 9.17) is 0 Å². The SMILES string of the molecule is CC(NCc1csc(-c2ccccn2)n1)c1nccs1. The van der Waals surface area contributed by atoms with Crippen LogP contribution in [0.1, 0.15) is 23.7 Å². The number of aromatic nitrogens is 3. The lowest BCUT2D eigenvalue weighted by molar-refractivity contribution is 0.566. The van der Waals surface area contributed by atoms with E-state index in [1.54, 1.807) is 28.9 Å². The maximum absolute atomic E-state index is 4.61. The quantitative estimate of drug-likeness (QED) is 0.783. The highest BCUT2D eigenvalue weighted by atomic mass is 32.1. The molecule has 0 spiro atoms. The smallest absolute Gasteiger partial charge is 0.142 e. The Morgan fingerprint density at radius 1 is 1.20 bits per heavy atom. The zero-order valence-electron chi connectivity index (χ0n) is 11.0. The first-order valence-corrected chi connectivity index (χ1v) is 8.07. The molecule has 102 valence electrons. The molecule has 4 nitrogen and oxygen atoms in total. The van der Waals surface area contributed by atoms with E-state index in [0.29, 0.717) is 0 Å².